The van der Waals surface area contributed by atoms with Gasteiger partial charge in [-0.1, -0.05) is 29.8 Å². The third-order valence-electron chi connectivity index (χ3n) is 3.32. The zero-order valence-electron chi connectivity index (χ0n) is 12.2. The van der Waals surface area contributed by atoms with E-state index in [1.54, 1.807) is 18.7 Å². The molecule has 0 aliphatic carbocycles. The second-order valence-electron chi connectivity index (χ2n) is 4.78. The highest BCUT2D eigenvalue weighted by Crippen LogP contribution is 2.20. The van der Waals surface area contributed by atoms with Gasteiger partial charge in [-0.15, -0.1) is 0 Å². The van der Waals surface area contributed by atoms with E-state index in [9.17, 15) is 4.79 Å². The molecule has 0 fully saturated rings. The quantitative estimate of drug-likeness (QED) is 0.834. The standard InChI is InChI=1S/C16H19ClN2O2/c1-19-15(12-3-6-14(17)7-4-12)8-5-13(16(19)20)11-18-9-10-21-2/h3-8,18H,9-11H2,1-2H3. The second kappa shape index (κ2) is 7.41. The molecule has 0 unspecified atom stereocenters. The van der Waals surface area contributed by atoms with Crippen LogP contribution in [0.3, 0.4) is 0 Å². The molecule has 1 heterocycles. The minimum absolute atomic E-state index is 0.00682. The maximum Gasteiger partial charge on any atom is 0.255 e. The summed E-state index contributed by atoms with van der Waals surface area (Å²) >= 11 is 5.89. The lowest BCUT2D eigenvalue weighted by molar-refractivity contribution is 0.199. The van der Waals surface area contributed by atoms with Gasteiger partial charge in [-0.05, 0) is 23.8 Å². The highest BCUT2D eigenvalue weighted by Gasteiger charge is 2.07. The molecule has 0 radical (unpaired) electrons. The van der Waals surface area contributed by atoms with Gasteiger partial charge in [-0.3, -0.25) is 4.79 Å². The molecule has 2 rings (SSSR count). The Morgan fingerprint density at radius 1 is 1.19 bits per heavy atom. The third kappa shape index (κ3) is 3.94. The van der Waals surface area contributed by atoms with E-state index < -0.39 is 0 Å². The lowest BCUT2D eigenvalue weighted by atomic mass is 10.1. The molecule has 2 aromatic rings. The highest BCUT2D eigenvalue weighted by atomic mass is 35.5. The summed E-state index contributed by atoms with van der Waals surface area (Å²) in [7, 11) is 3.44. The van der Waals surface area contributed by atoms with Crippen molar-refractivity contribution in [2.75, 3.05) is 20.3 Å². The van der Waals surface area contributed by atoms with Gasteiger partial charge >= 0.3 is 0 Å². The van der Waals surface area contributed by atoms with Crippen LogP contribution in [0.1, 0.15) is 5.56 Å². The van der Waals surface area contributed by atoms with Crippen molar-refractivity contribution in [1.82, 2.24) is 9.88 Å². The van der Waals surface area contributed by atoms with E-state index in [-0.39, 0.29) is 5.56 Å². The Hall–Kier alpha value is -1.62. The van der Waals surface area contributed by atoms with Gasteiger partial charge in [0.1, 0.15) is 0 Å². The van der Waals surface area contributed by atoms with Crippen LogP contribution in [0.4, 0.5) is 0 Å². The zero-order valence-corrected chi connectivity index (χ0v) is 13.0. The molecule has 0 aliphatic heterocycles. The number of ether oxygens (including phenoxy) is 1. The van der Waals surface area contributed by atoms with Crippen molar-refractivity contribution in [1.29, 1.82) is 0 Å². The highest BCUT2D eigenvalue weighted by molar-refractivity contribution is 6.30. The summed E-state index contributed by atoms with van der Waals surface area (Å²) in [4.78, 5) is 12.4. The molecule has 0 amide bonds. The van der Waals surface area contributed by atoms with E-state index in [0.29, 0.717) is 18.2 Å². The van der Waals surface area contributed by atoms with Crippen molar-refractivity contribution in [3.63, 3.8) is 0 Å². The van der Waals surface area contributed by atoms with Crippen LogP contribution < -0.4 is 10.9 Å². The molecule has 1 N–H and O–H groups in total. The second-order valence-corrected chi connectivity index (χ2v) is 5.22. The molecule has 0 aliphatic rings. The number of nitrogens with zero attached hydrogens (tertiary/aromatic N) is 1. The normalized spacial score (nSPS) is 10.8. The molecule has 0 saturated heterocycles. The molecule has 21 heavy (non-hydrogen) atoms. The van der Waals surface area contributed by atoms with E-state index in [0.717, 1.165) is 23.4 Å². The molecule has 112 valence electrons. The zero-order chi connectivity index (χ0) is 15.2. The van der Waals surface area contributed by atoms with E-state index in [2.05, 4.69) is 5.32 Å². The van der Waals surface area contributed by atoms with Crippen molar-refractivity contribution < 1.29 is 4.74 Å². The largest absolute Gasteiger partial charge is 0.383 e. The minimum Gasteiger partial charge on any atom is -0.383 e. The average molecular weight is 307 g/mol. The Bertz CT molecular complexity index is 650. The van der Waals surface area contributed by atoms with Crippen molar-refractivity contribution in [2.24, 2.45) is 7.05 Å². The molecule has 0 bridgehead atoms. The summed E-state index contributed by atoms with van der Waals surface area (Å²) in [6.07, 6.45) is 0. The first kappa shape index (κ1) is 15.8. The van der Waals surface area contributed by atoms with Gasteiger partial charge in [0.15, 0.2) is 0 Å². The Labute approximate surface area is 129 Å². The summed E-state index contributed by atoms with van der Waals surface area (Å²) in [5.74, 6) is 0. The number of aromatic nitrogens is 1. The van der Waals surface area contributed by atoms with Gasteiger partial charge in [0, 0.05) is 37.8 Å². The smallest absolute Gasteiger partial charge is 0.255 e. The van der Waals surface area contributed by atoms with Crippen molar-refractivity contribution in [3.8, 4) is 11.3 Å². The topological polar surface area (TPSA) is 43.3 Å². The van der Waals surface area contributed by atoms with Gasteiger partial charge in [0.25, 0.3) is 5.56 Å². The van der Waals surface area contributed by atoms with Crippen LogP contribution in [-0.4, -0.2) is 24.8 Å². The summed E-state index contributed by atoms with van der Waals surface area (Å²) in [5, 5.41) is 3.86. The molecule has 0 spiro atoms. The van der Waals surface area contributed by atoms with Crippen LogP contribution in [0, 0.1) is 0 Å². The number of pyridine rings is 1. The number of hydrogen-bond donors (Lipinski definition) is 1. The summed E-state index contributed by atoms with van der Waals surface area (Å²) in [6.45, 7) is 1.89. The first-order chi connectivity index (χ1) is 10.1. The maximum atomic E-state index is 12.4. The van der Waals surface area contributed by atoms with Gasteiger partial charge in [0.05, 0.1) is 12.3 Å². The van der Waals surface area contributed by atoms with E-state index in [1.807, 2.05) is 36.4 Å². The van der Waals surface area contributed by atoms with Crippen molar-refractivity contribution in [2.45, 2.75) is 6.54 Å². The fraction of sp³-hybridized carbons (Fsp3) is 0.312. The van der Waals surface area contributed by atoms with Crippen LogP contribution in [0.25, 0.3) is 11.3 Å². The number of halogens is 1. The third-order valence-corrected chi connectivity index (χ3v) is 3.57. The van der Waals surface area contributed by atoms with Crippen LogP contribution in [0.2, 0.25) is 5.02 Å². The monoisotopic (exact) mass is 306 g/mol. The van der Waals surface area contributed by atoms with Crippen molar-refractivity contribution in [3.05, 3.63) is 57.3 Å². The van der Waals surface area contributed by atoms with E-state index >= 15 is 0 Å². The summed E-state index contributed by atoms with van der Waals surface area (Å²) < 4.78 is 6.63. The predicted octanol–water partition coefficient (Wildman–Crippen LogP) is 2.44. The first-order valence-electron chi connectivity index (χ1n) is 6.78. The lowest BCUT2D eigenvalue weighted by Gasteiger charge is -2.11. The Morgan fingerprint density at radius 3 is 2.57 bits per heavy atom. The van der Waals surface area contributed by atoms with Gasteiger partial charge in [-0.25, -0.2) is 0 Å². The van der Waals surface area contributed by atoms with Crippen LogP contribution in [0.5, 0.6) is 0 Å². The molecule has 5 heteroatoms. The Kier molecular flexibility index (Phi) is 5.56. The molecular weight excluding hydrogens is 288 g/mol. The molecular formula is C16H19ClN2O2. The predicted molar refractivity (Wildman–Crippen MR) is 85.7 cm³/mol. The van der Waals surface area contributed by atoms with Gasteiger partial charge in [-0.2, -0.15) is 0 Å². The fourth-order valence-corrected chi connectivity index (χ4v) is 2.26. The van der Waals surface area contributed by atoms with Crippen LogP contribution >= 0.6 is 11.6 Å². The van der Waals surface area contributed by atoms with E-state index in [1.165, 1.54) is 0 Å². The van der Waals surface area contributed by atoms with E-state index in [4.69, 9.17) is 16.3 Å². The molecule has 1 aromatic carbocycles. The summed E-state index contributed by atoms with van der Waals surface area (Å²) in [6, 6.07) is 11.3. The molecule has 0 atom stereocenters. The SMILES string of the molecule is COCCNCc1ccc(-c2ccc(Cl)cc2)n(C)c1=O. The number of hydrogen-bond acceptors (Lipinski definition) is 3. The number of rotatable bonds is 6. The first-order valence-corrected chi connectivity index (χ1v) is 7.16. The van der Waals surface area contributed by atoms with Crippen molar-refractivity contribution >= 4 is 11.6 Å². The van der Waals surface area contributed by atoms with Crippen LogP contribution in [-0.2, 0) is 18.3 Å². The minimum atomic E-state index is 0.00682. The molecule has 1 aromatic heterocycles. The molecule has 4 nitrogen and oxygen atoms in total. The number of benzene rings is 1. The Morgan fingerprint density at radius 2 is 1.90 bits per heavy atom. The lowest BCUT2D eigenvalue weighted by Crippen LogP contribution is -2.27. The average Bonchev–Trinajstić information content (AvgIpc) is 2.49. The number of methoxy groups -OCH3 is 1. The van der Waals surface area contributed by atoms with Gasteiger partial charge in [0.2, 0.25) is 0 Å². The van der Waals surface area contributed by atoms with Crippen LogP contribution in [0.15, 0.2) is 41.2 Å². The maximum absolute atomic E-state index is 12.4. The molecule has 0 saturated carbocycles. The number of nitrogens with one attached hydrogen (secondary N) is 1. The Balaban J connectivity index is 2.21. The summed E-state index contributed by atoms with van der Waals surface area (Å²) in [5.41, 5.74) is 2.59. The fourth-order valence-electron chi connectivity index (χ4n) is 2.13. The van der Waals surface area contributed by atoms with Gasteiger partial charge < -0.3 is 14.6 Å².